The van der Waals surface area contributed by atoms with Crippen LogP contribution in [0.5, 0.6) is 0 Å². The zero-order valence-corrected chi connectivity index (χ0v) is 15.5. The van der Waals surface area contributed by atoms with Crippen molar-refractivity contribution < 1.29 is 39.3 Å². The number of carboxylic acid groups (broad SMARTS) is 2. The van der Waals surface area contributed by atoms with Crippen molar-refractivity contribution in [3.63, 3.8) is 0 Å². The first kappa shape index (κ1) is 23.3. The predicted molar refractivity (Wildman–Crippen MR) is 93.8 cm³/mol. The number of hydrogen-bond donors (Lipinski definition) is 6. The Morgan fingerprint density at radius 2 is 1.82 bits per heavy atom. The van der Waals surface area contributed by atoms with Gasteiger partial charge in [-0.3, -0.25) is 24.0 Å². The molecule has 0 aliphatic carbocycles. The molecule has 28 heavy (non-hydrogen) atoms. The summed E-state index contributed by atoms with van der Waals surface area (Å²) < 4.78 is 0. The monoisotopic (exact) mass is 402 g/mol. The number of aliphatic carboxylic acids is 2. The van der Waals surface area contributed by atoms with Gasteiger partial charge in [0.05, 0.1) is 12.1 Å². The second kappa shape index (κ2) is 10.6. The van der Waals surface area contributed by atoms with Crippen LogP contribution in [0.25, 0.3) is 0 Å². The topological polar surface area (TPSA) is 199 Å². The van der Waals surface area contributed by atoms with Crippen LogP contribution in [0.1, 0.15) is 32.6 Å². The van der Waals surface area contributed by atoms with Crippen molar-refractivity contribution in [1.29, 1.82) is 0 Å². The quantitative estimate of drug-likeness (QED) is 0.224. The highest BCUT2D eigenvalue weighted by Crippen LogP contribution is 2.19. The molecule has 4 unspecified atom stereocenters. The summed E-state index contributed by atoms with van der Waals surface area (Å²) in [7, 11) is 0. The Hall–Kier alpha value is -2.73. The maximum atomic E-state index is 12.6. The highest BCUT2D eigenvalue weighted by molar-refractivity contribution is 5.94. The fourth-order valence-electron chi connectivity index (χ4n) is 2.85. The molecule has 12 nitrogen and oxygen atoms in total. The van der Waals surface area contributed by atoms with Crippen molar-refractivity contribution in [2.24, 2.45) is 5.73 Å². The zero-order chi connectivity index (χ0) is 21.4. The number of nitrogens with one attached hydrogen (secondary N) is 2. The van der Waals surface area contributed by atoms with Crippen molar-refractivity contribution >= 4 is 29.7 Å². The minimum atomic E-state index is -1.40. The molecule has 158 valence electrons. The van der Waals surface area contributed by atoms with E-state index in [9.17, 15) is 29.1 Å². The minimum absolute atomic E-state index is 0.0765. The average Bonchev–Trinajstić information content (AvgIpc) is 3.10. The number of carboxylic acids is 2. The molecule has 7 N–H and O–H groups in total. The van der Waals surface area contributed by atoms with Gasteiger partial charge in [-0.05, 0) is 26.2 Å². The highest BCUT2D eigenvalue weighted by Gasteiger charge is 2.38. The van der Waals surface area contributed by atoms with Crippen LogP contribution in [0.4, 0.5) is 0 Å². The van der Waals surface area contributed by atoms with Crippen molar-refractivity contribution in [1.82, 2.24) is 15.5 Å². The Morgan fingerprint density at radius 1 is 1.18 bits per heavy atom. The summed E-state index contributed by atoms with van der Waals surface area (Å²) in [4.78, 5) is 59.4. The zero-order valence-electron chi connectivity index (χ0n) is 15.5. The van der Waals surface area contributed by atoms with Crippen molar-refractivity contribution in [3.05, 3.63) is 0 Å². The fraction of sp³-hybridized carbons (Fsp3) is 0.688. The van der Waals surface area contributed by atoms with E-state index in [0.29, 0.717) is 12.8 Å². The van der Waals surface area contributed by atoms with Crippen molar-refractivity contribution in [3.8, 4) is 0 Å². The van der Waals surface area contributed by atoms with Crippen LogP contribution in [0.3, 0.4) is 0 Å². The summed E-state index contributed by atoms with van der Waals surface area (Å²) in [6.45, 7) is 0.831. The van der Waals surface area contributed by atoms with E-state index in [1.165, 1.54) is 11.8 Å². The largest absolute Gasteiger partial charge is 0.481 e. The van der Waals surface area contributed by atoms with E-state index in [1.54, 1.807) is 0 Å². The first-order valence-electron chi connectivity index (χ1n) is 8.80. The minimum Gasteiger partial charge on any atom is -0.481 e. The molecule has 0 spiro atoms. The molecule has 0 radical (unpaired) electrons. The highest BCUT2D eigenvalue weighted by atomic mass is 16.4. The molecule has 4 atom stereocenters. The second-order valence-corrected chi connectivity index (χ2v) is 6.57. The lowest BCUT2D eigenvalue weighted by atomic mass is 10.1. The van der Waals surface area contributed by atoms with Crippen LogP contribution in [0, 0.1) is 0 Å². The lowest BCUT2D eigenvalue weighted by Gasteiger charge is -2.28. The number of aliphatic hydroxyl groups is 1. The first-order valence-corrected chi connectivity index (χ1v) is 8.80. The summed E-state index contributed by atoms with van der Waals surface area (Å²) in [5.74, 6) is -4.51. The van der Waals surface area contributed by atoms with Crippen LogP contribution in [0.15, 0.2) is 0 Å². The number of amides is 3. The van der Waals surface area contributed by atoms with Gasteiger partial charge < -0.3 is 36.6 Å². The third-order valence-electron chi connectivity index (χ3n) is 4.30. The summed E-state index contributed by atoms with van der Waals surface area (Å²) in [6, 6.07) is -3.39. The van der Waals surface area contributed by atoms with Gasteiger partial charge in [0.2, 0.25) is 17.7 Å². The van der Waals surface area contributed by atoms with E-state index in [2.05, 4.69) is 10.6 Å². The molecule has 0 saturated carbocycles. The molecule has 1 rings (SSSR count). The number of aliphatic hydroxyl groups excluding tert-OH is 1. The Balaban J connectivity index is 2.76. The normalized spacial score (nSPS) is 19.4. The molecular weight excluding hydrogens is 376 g/mol. The molecule has 0 aromatic carbocycles. The number of likely N-dealkylation sites (tertiary alicyclic amines) is 1. The number of carbonyl (C=O) groups excluding carboxylic acids is 3. The van der Waals surface area contributed by atoms with E-state index < -0.39 is 60.4 Å². The SMILES string of the molecule is CC(O)C(NC(=O)C1CCCN1C(=O)C(N)CCC(=O)O)C(=O)NCC(=O)O. The number of rotatable bonds is 10. The second-order valence-electron chi connectivity index (χ2n) is 6.57. The molecule has 0 bridgehead atoms. The summed E-state index contributed by atoms with van der Waals surface area (Å²) in [5.41, 5.74) is 5.73. The first-order chi connectivity index (χ1) is 13.0. The van der Waals surface area contributed by atoms with E-state index >= 15 is 0 Å². The molecule has 1 saturated heterocycles. The van der Waals surface area contributed by atoms with Gasteiger partial charge in [0.25, 0.3) is 0 Å². The maximum Gasteiger partial charge on any atom is 0.322 e. The smallest absolute Gasteiger partial charge is 0.322 e. The Bertz CT molecular complexity index is 624. The van der Waals surface area contributed by atoms with Gasteiger partial charge in [0, 0.05) is 13.0 Å². The van der Waals surface area contributed by atoms with Crippen LogP contribution in [-0.4, -0.2) is 87.2 Å². The van der Waals surface area contributed by atoms with Crippen molar-refractivity contribution in [2.75, 3.05) is 13.1 Å². The Kier molecular flexibility index (Phi) is 8.79. The molecule has 3 amide bonds. The third kappa shape index (κ3) is 6.78. The van der Waals surface area contributed by atoms with Crippen LogP contribution < -0.4 is 16.4 Å². The molecule has 12 heteroatoms. The Labute approximate surface area is 161 Å². The lowest BCUT2D eigenvalue weighted by molar-refractivity contribution is -0.142. The summed E-state index contributed by atoms with van der Waals surface area (Å²) in [6.07, 6.45) is -0.841. The molecule has 1 heterocycles. The van der Waals surface area contributed by atoms with Crippen LogP contribution >= 0.6 is 0 Å². The Morgan fingerprint density at radius 3 is 2.36 bits per heavy atom. The van der Waals surface area contributed by atoms with Crippen molar-refractivity contribution in [2.45, 2.75) is 56.8 Å². The number of carbonyl (C=O) groups is 5. The molecule has 0 aromatic rings. The third-order valence-corrected chi connectivity index (χ3v) is 4.30. The van der Waals surface area contributed by atoms with Gasteiger partial charge in [-0.25, -0.2) is 0 Å². The molecule has 1 aliphatic heterocycles. The van der Waals surface area contributed by atoms with Crippen LogP contribution in [-0.2, 0) is 24.0 Å². The van der Waals surface area contributed by atoms with Gasteiger partial charge in [-0.15, -0.1) is 0 Å². The van der Waals surface area contributed by atoms with Gasteiger partial charge in [-0.2, -0.15) is 0 Å². The predicted octanol–water partition coefficient (Wildman–Crippen LogP) is -2.76. The average molecular weight is 402 g/mol. The van der Waals surface area contributed by atoms with Crippen LogP contribution in [0.2, 0.25) is 0 Å². The molecular formula is C16H26N4O8. The summed E-state index contributed by atoms with van der Waals surface area (Å²) in [5, 5.41) is 31.4. The fourth-order valence-corrected chi connectivity index (χ4v) is 2.85. The van der Waals surface area contributed by atoms with E-state index in [0.717, 1.165) is 0 Å². The lowest BCUT2D eigenvalue weighted by Crippen LogP contribution is -2.58. The molecule has 0 aromatic heterocycles. The van der Waals surface area contributed by atoms with E-state index in [-0.39, 0.29) is 19.4 Å². The standard InChI is InChI=1S/C16H26N4O8/c1-8(21)13(15(27)18-7-12(24)25)19-14(26)10-3-2-6-20(10)16(28)9(17)4-5-11(22)23/h8-10,13,21H,2-7,17H2,1H3,(H,18,27)(H,19,26)(H,22,23)(H,24,25). The maximum absolute atomic E-state index is 12.6. The molecule has 1 fully saturated rings. The number of hydrogen-bond acceptors (Lipinski definition) is 7. The van der Waals surface area contributed by atoms with E-state index in [1.807, 2.05) is 0 Å². The van der Waals surface area contributed by atoms with Gasteiger partial charge >= 0.3 is 11.9 Å². The van der Waals surface area contributed by atoms with Gasteiger partial charge in [0.15, 0.2) is 0 Å². The van der Waals surface area contributed by atoms with Gasteiger partial charge in [0.1, 0.15) is 18.6 Å². The summed E-state index contributed by atoms with van der Waals surface area (Å²) >= 11 is 0. The number of nitrogens with two attached hydrogens (primary N) is 1. The molecule has 1 aliphatic rings. The number of nitrogens with zero attached hydrogens (tertiary/aromatic N) is 1. The van der Waals surface area contributed by atoms with E-state index in [4.69, 9.17) is 15.9 Å². The van der Waals surface area contributed by atoms with Gasteiger partial charge in [-0.1, -0.05) is 0 Å².